The Morgan fingerprint density at radius 1 is 1.19 bits per heavy atom. The molecule has 0 saturated heterocycles. The molecular weight excluding hydrogens is 266 g/mol. The van der Waals surface area contributed by atoms with Crippen LogP contribution in [-0.2, 0) is 0 Å². The standard InChI is InChI=1S/C16H13N3O2/c1-12-8-9-18-11-14(17-16(18)10-12)5-2-13-3-6-15(7-4-13)19(20)21/h2-11H,1H3/b5-2+. The third-order valence-corrected chi connectivity index (χ3v) is 3.18. The van der Waals surface area contributed by atoms with Gasteiger partial charge in [-0.25, -0.2) is 4.98 Å². The number of benzene rings is 1. The predicted octanol–water partition coefficient (Wildman–Crippen LogP) is 3.72. The fraction of sp³-hybridized carbons (Fsp3) is 0.0625. The molecule has 1 aromatic carbocycles. The zero-order valence-corrected chi connectivity index (χ0v) is 11.4. The van der Waals surface area contributed by atoms with Gasteiger partial charge in [0, 0.05) is 24.5 Å². The molecule has 0 atom stereocenters. The van der Waals surface area contributed by atoms with Gasteiger partial charge >= 0.3 is 0 Å². The highest BCUT2D eigenvalue weighted by Crippen LogP contribution is 2.15. The highest BCUT2D eigenvalue weighted by atomic mass is 16.6. The second-order valence-electron chi connectivity index (χ2n) is 4.82. The number of nitro benzene ring substituents is 1. The third kappa shape index (κ3) is 2.81. The summed E-state index contributed by atoms with van der Waals surface area (Å²) in [6, 6.07) is 10.5. The molecule has 104 valence electrons. The van der Waals surface area contributed by atoms with Crippen LogP contribution < -0.4 is 0 Å². The Bertz CT molecular complexity index is 832. The molecule has 5 nitrogen and oxygen atoms in total. The fourth-order valence-electron chi connectivity index (χ4n) is 2.07. The second-order valence-corrected chi connectivity index (χ2v) is 4.82. The third-order valence-electron chi connectivity index (χ3n) is 3.18. The molecule has 2 aromatic heterocycles. The lowest BCUT2D eigenvalue weighted by Gasteiger charge is -1.92. The van der Waals surface area contributed by atoms with E-state index in [2.05, 4.69) is 4.98 Å². The quantitative estimate of drug-likeness (QED) is 0.542. The summed E-state index contributed by atoms with van der Waals surface area (Å²) < 4.78 is 1.96. The van der Waals surface area contributed by atoms with Crippen molar-refractivity contribution in [1.29, 1.82) is 0 Å². The van der Waals surface area contributed by atoms with Gasteiger partial charge in [-0.05, 0) is 48.4 Å². The molecule has 3 rings (SSSR count). The first-order valence-corrected chi connectivity index (χ1v) is 6.50. The van der Waals surface area contributed by atoms with Gasteiger partial charge in [0.05, 0.1) is 10.6 Å². The van der Waals surface area contributed by atoms with Crippen molar-refractivity contribution in [3.8, 4) is 0 Å². The molecule has 0 aliphatic rings. The fourth-order valence-corrected chi connectivity index (χ4v) is 2.07. The van der Waals surface area contributed by atoms with E-state index in [-0.39, 0.29) is 5.69 Å². The molecule has 0 radical (unpaired) electrons. The number of fused-ring (bicyclic) bond motifs is 1. The average molecular weight is 279 g/mol. The van der Waals surface area contributed by atoms with E-state index in [0.717, 1.165) is 16.9 Å². The minimum Gasteiger partial charge on any atom is -0.306 e. The van der Waals surface area contributed by atoms with E-state index in [1.54, 1.807) is 12.1 Å². The van der Waals surface area contributed by atoms with Gasteiger partial charge in [-0.3, -0.25) is 10.1 Å². The largest absolute Gasteiger partial charge is 0.306 e. The lowest BCUT2D eigenvalue weighted by molar-refractivity contribution is -0.384. The van der Waals surface area contributed by atoms with Gasteiger partial charge in [-0.15, -0.1) is 0 Å². The van der Waals surface area contributed by atoms with Crippen LogP contribution in [0.25, 0.3) is 17.8 Å². The molecule has 0 amide bonds. The Kier molecular flexibility index (Phi) is 3.23. The summed E-state index contributed by atoms with van der Waals surface area (Å²) in [5, 5.41) is 10.6. The Hall–Kier alpha value is -2.95. The highest BCUT2D eigenvalue weighted by Gasteiger charge is 2.02. The number of aryl methyl sites for hydroxylation is 1. The number of hydrogen-bond acceptors (Lipinski definition) is 3. The Morgan fingerprint density at radius 3 is 2.67 bits per heavy atom. The summed E-state index contributed by atoms with van der Waals surface area (Å²) >= 11 is 0. The molecule has 3 aromatic rings. The van der Waals surface area contributed by atoms with Gasteiger partial charge in [-0.1, -0.05) is 6.08 Å². The van der Waals surface area contributed by atoms with E-state index < -0.39 is 4.92 Å². The minimum absolute atomic E-state index is 0.0929. The molecule has 2 heterocycles. The first-order chi connectivity index (χ1) is 10.1. The average Bonchev–Trinajstić information content (AvgIpc) is 2.87. The highest BCUT2D eigenvalue weighted by molar-refractivity contribution is 5.69. The van der Waals surface area contributed by atoms with Crippen molar-refractivity contribution in [3.05, 3.63) is 75.7 Å². The van der Waals surface area contributed by atoms with Gasteiger partial charge in [0.25, 0.3) is 5.69 Å². The van der Waals surface area contributed by atoms with Gasteiger partial charge < -0.3 is 4.40 Å². The van der Waals surface area contributed by atoms with Gasteiger partial charge in [-0.2, -0.15) is 0 Å². The smallest absolute Gasteiger partial charge is 0.269 e. The normalized spacial score (nSPS) is 11.3. The van der Waals surface area contributed by atoms with Crippen LogP contribution in [0.5, 0.6) is 0 Å². The molecule has 21 heavy (non-hydrogen) atoms. The Morgan fingerprint density at radius 2 is 1.95 bits per heavy atom. The summed E-state index contributed by atoms with van der Waals surface area (Å²) in [4.78, 5) is 14.7. The van der Waals surface area contributed by atoms with Crippen LogP contribution in [0, 0.1) is 17.0 Å². The molecule has 0 fully saturated rings. The summed E-state index contributed by atoms with van der Waals surface area (Å²) in [6.45, 7) is 2.03. The van der Waals surface area contributed by atoms with E-state index in [1.165, 1.54) is 17.7 Å². The van der Waals surface area contributed by atoms with Crippen LogP contribution >= 0.6 is 0 Å². The van der Waals surface area contributed by atoms with Crippen molar-refractivity contribution in [1.82, 2.24) is 9.38 Å². The first kappa shape index (κ1) is 13.1. The van der Waals surface area contributed by atoms with Crippen molar-refractivity contribution in [2.24, 2.45) is 0 Å². The van der Waals surface area contributed by atoms with Gasteiger partial charge in [0.2, 0.25) is 0 Å². The summed E-state index contributed by atoms with van der Waals surface area (Å²) in [5.41, 5.74) is 3.90. The summed E-state index contributed by atoms with van der Waals surface area (Å²) in [7, 11) is 0. The number of nitro groups is 1. The molecule has 5 heteroatoms. The maximum atomic E-state index is 10.6. The monoisotopic (exact) mass is 279 g/mol. The van der Waals surface area contributed by atoms with Crippen molar-refractivity contribution >= 4 is 23.5 Å². The number of non-ortho nitro benzene ring substituents is 1. The first-order valence-electron chi connectivity index (χ1n) is 6.50. The maximum Gasteiger partial charge on any atom is 0.269 e. The lowest BCUT2D eigenvalue weighted by Crippen LogP contribution is -1.86. The molecule has 0 aliphatic carbocycles. The van der Waals surface area contributed by atoms with Crippen molar-refractivity contribution in [2.45, 2.75) is 6.92 Å². The molecule has 0 saturated carbocycles. The zero-order chi connectivity index (χ0) is 14.8. The number of rotatable bonds is 3. The minimum atomic E-state index is -0.405. The predicted molar refractivity (Wildman–Crippen MR) is 82.0 cm³/mol. The van der Waals surface area contributed by atoms with Crippen molar-refractivity contribution in [2.75, 3.05) is 0 Å². The number of imidazole rings is 1. The molecule has 0 spiro atoms. The van der Waals surface area contributed by atoms with E-state index in [9.17, 15) is 10.1 Å². The van der Waals surface area contributed by atoms with E-state index in [4.69, 9.17) is 0 Å². The Balaban J connectivity index is 1.85. The molecule has 0 bridgehead atoms. The van der Waals surface area contributed by atoms with Crippen LogP contribution in [0.15, 0.2) is 48.8 Å². The van der Waals surface area contributed by atoms with Crippen LogP contribution in [0.4, 0.5) is 5.69 Å². The summed E-state index contributed by atoms with van der Waals surface area (Å²) in [6.07, 6.45) is 7.69. The molecular formula is C16H13N3O2. The Labute approximate surface area is 121 Å². The van der Waals surface area contributed by atoms with E-state index in [1.807, 2.05) is 48.0 Å². The maximum absolute atomic E-state index is 10.6. The number of aromatic nitrogens is 2. The zero-order valence-electron chi connectivity index (χ0n) is 11.4. The van der Waals surface area contributed by atoms with Gasteiger partial charge in [0.1, 0.15) is 5.65 Å². The molecule has 0 unspecified atom stereocenters. The van der Waals surface area contributed by atoms with E-state index >= 15 is 0 Å². The van der Waals surface area contributed by atoms with Crippen LogP contribution in [0.1, 0.15) is 16.8 Å². The lowest BCUT2D eigenvalue weighted by atomic mass is 10.2. The molecule has 0 N–H and O–H groups in total. The van der Waals surface area contributed by atoms with Crippen LogP contribution in [0.3, 0.4) is 0 Å². The molecule has 0 aliphatic heterocycles. The second kappa shape index (κ2) is 5.20. The topological polar surface area (TPSA) is 60.4 Å². The van der Waals surface area contributed by atoms with E-state index in [0.29, 0.717) is 0 Å². The number of pyridine rings is 1. The van der Waals surface area contributed by atoms with Crippen LogP contribution in [0.2, 0.25) is 0 Å². The summed E-state index contributed by atoms with van der Waals surface area (Å²) in [5.74, 6) is 0. The number of hydrogen-bond donors (Lipinski definition) is 0. The van der Waals surface area contributed by atoms with Crippen LogP contribution in [-0.4, -0.2) is 14.3 Å². The number of nitrogens with zero attached hydrogens (tertiary/aromatic N) is 3. The van der Waals surface area contributed by atoms with Crippen molar-refractivity contribution in [3.63, 3.8) is 0 Å². The van der Waals surface area contributed by atoms with Gasteiger partial charge in [0.15, 0.2) is 0 Å². The SMILES string of the molecule is Cc1ccn2cc(/C=C/c3ccc([N+](=O)[O-])cc3)nc2c1. The van der Waals surface area contributed by atoms with Crippen molar-refractivity contribution < 1.29 is 4.92 Å².